The van der Waals surface area contributed by atoms with Crippen molar-refractivity contribution in [2.45, 2.75) is 69.7 Å². The Morgan fingerprint density at radius 2 is 1.94 bits per heavy atom. The molecule has 1 aliphatic heterocycles. The van der Waals surface area contributed by atoms with Crippen LogP contribution in [0.5, 0.6) is 5.88 Å². The molecule has 3 rings (SSSR count). The summed E-state index contributed by atoms with van der Waals surface area (Å²) in [4.78, 5) is 31.0. The van der Waals surface area contributed by atoms with Gasteiger partial charge in [0.1, 0.15) is 12.1 Å². The minimum absolute atomic E-state index is 0.0199. The summed E-state index contributed by atoms with van der Waals surface area (Å²) in [6.07, 6.45) is 3.49. The SMILES string of the molecule is COc1ccc(C2(O)CCC(N(C(=O)CNC(=O)OC(C)(C)C)C3CNC3)CC2)cn1. The van der Waals surface area contributed by atoms with Crippen LogP contribution in [0, 0.1) is 0 Å². The summed E-state index contributed by atoms with van der Waals surface area (Å²) in [5, 5.41) is 16.9. The van der Waals surface area contributed by atoms with E-state index >= 15 is 0 Å². The van der Waals surface area contributed by atoms with Crippen molar-refractivity contribution in [1.29, 1.82) is 0 Å². The Bertz CT molecular complexity index is 765. The van der Waals surface area contributed by atoms with Crippen LogP contribution in [0.2, 0.25) is 0 Å². The topological polar surface area (TPSA) is 113 Å². The molecular formula is C22H34N4O5. The Kier molecular flexibility index (Phi) is 7.06. The average Bonchev–Trinajstić information content (AvgIpc) is 2.68. The summed E-state index contributed by atoms with van der Waals surface area (Å²) >= 11 is 0. The molecule has 9 heteroatoms. The predicted molar refractivity (Wildman–Crippen MR) is 115 cm³/mol. The molecule has 0 bridgehead atoms. The molecule has 1 saturated carbocycles. The third-order valence-electron chi connectivity index (χ3n) is 5.88. The zero-order chi connectivity index (χ0) is 22.6. The molecular weight excluding hydrogens is 400 g/mol. The van der Waals surface area contributed by atoms with Gasteiger partial charge in [-0.1, -0.05) is 0 Å². The fraction of sp³-hybridized carbons (Fsp3) is 0.682. The molecule has 1 aromatic rings. The molecule has 0 unspecified atom stereocenters. The molecule has 1 aliphatic carbocycles. The van der Waals surface area contributed by atoms with E-state index in [1.165, 1.54) is 0 Å². The number of aliphatic hydroxyl groups is 1. The molecule has 1 aromatic heterocycles. The summed E-state index contributed by atoms with van der Waals surface area (Å²) in [5.41, 5.74) is -0.812. The minimum Gasteiger partial charge on any atom is -0.481 e. The lowest BCUT2D eigenvalue weighted by atomic mass is 9.77. The van der Waals surface area contributed by atoms with E-state index in [1.54, 1.807) is 40.1 Å². The molecule has 0 spiro atoms. The number of alkyl carbamates (subject to hydrolysis) is 1. The molecule has 0 atom stereocenters. The van der Waals surface area contributed by atoms with Crippen LogP contribution in [0.25, 0.3) is 0 Å². The number of nitrogens with one attached hydrogen (secondary N) is 2. The Hall–Kier alpha value is -2.39. The van der Waals surface area contributed by atoms with Gasteiger partial charge in [-0.25, -0.2) is 9.78 Å². The highest BCUT2D eigenvalue weighted by Gasteiger charge is 2.41. The van der Waals surface area contributed by atoms with Crippen molar-refractivity contribution in [1.82, 2.24) is 20.5 Å². The van der Waals surface area contributed by atoms with Gasteiger partial charge in [-0.15, -0.1) is 0 Å². The second kappa shape index (κ2) is 9.40. The van der Waals surface area contributed by atoms with E-state index in [2.05, 4.69) is 15.6 Å². The molecule has 0 radical (unpaired) electrons. The molecule has 2 fully saturated rings. The van der Waals surface area contributed by atoms with Gasteiger partial charge < -0.3 is 30.1 Å². The van der Waals surface area contributed by atoms with Crippen LogP contribution in [-0.4, -0.2) is 71.4 Å². The van der Waals surface area contributed by atoms with Gasteiger partial charge in [0, 0.05) is 37.0 Å². The number of carbonyl (C=O) groups is 2. The lowest BCUT2D eigenvalue weighted by Crippen LogP contribution is -2.63. The smallest absolute Gasteiger partial charge is 0.408 e. The highest BCUT2D eigenvalue weighted by molar-refractivity contribution is 5.83. The van der Waals surface area contributed by atoms with Gasteiger partial charge in [0.25, 0.3) is 0 Å². The first-order valence-corrected chi connectivity index (χ1v) is 10.8. The summed E-state index contributed by atoms with van der Waals surface area (Å²) in [6, 6.07) is 3.71. The largest absolute Gasteiger partial charge is 0.481 e. The van der Waals surface area contributed by atoms with Crippen molar-refractivity contribution in [2.75, 3.05) is 26.7 Å². The molecule has 31 heavy (non-hydrogen) atoms. The normalized spacial score (nSPS) is 24.1. The van der Waals surface area contributed by atoms with Gasteiger partial charge in [0.05, 0.1) is 18.8 Å². The Balaban J connectivity index is 1.60. The van der Waals surface area contributed by atoms with Gasteiger partial charge in [-0.05, 0) is 52.5 Å². The highest BCUT2D eigenvalue weighted by atomic mass is 16.6. The van der Waals surface area contributed by atoms with E-state index in [0.29, 0.717) is 31.6 Å². The van der Waals surface area contributed by atoms with Crippen molar-refractivity contribution >= 4 is 12.0 Å². The Morgan fingerprint density at radius 1 is 1.26 bits per heavy atom. The van der Waals surface area contributed by atoms with Crippen molar-refractivity contribution in [3.05, 3.63) is 23.9 Å². The second-order valence-corrected chi connectivity index (χ2v) is 9.32. The lowest BCUT2D eigenvalue weighted by Gasteiger charge is -2.47. The van der Waals surface area contributed by atoms with Crippen molar-refractivity contribution in [3.8, 4) is 5.88 Å². The quantitative estimate of drug-likeness (QED) is 0.622. The van der Waals surface area contributed by atoms with Crippen LogP contribution in [0.1, 0.15) is 52.0 Å². The summed E-state index contributed by atoms with van der Waals surface area (Å²) in [6.45, 7) is 6.71. The van der Waals surface area contributed by atoms with Crippen molar-refractivity contribution < 1.29 is 24.2 Å². The standard InChI is InChI=1S/C22H34N4O5/c1-21(2,3)31-20(28)25-14-19(27)26(17-12-23-13-17)16-7-9-22(29,10-8-16)15-5-6-18(30-4)24-11-15/h5-6,11,16-17,23,29H,7-10,12-14H2,1-4H3,(H,25,28). The van der Waals surface area contributed by atoms with Crippen LogP contribution in [-0.2, 0) is 15.1 Å². The third kappa shape index (κ3) is 5.86. The fourth-order valence-electron chi connectivity index (χ4n) is 4.15. The van der Waals surface area contributed by atoms with Gasteiger partial charge >= 0.3 is 6.09 Å². The predicted octanol–water partition coefficient (Wildman–Crippen LogP) is 1.55. The van der Waals surface area contributed by atoms with Crippen molar-refractivity contribution in [2.24, 2.45) is 0 Å². The van der Waals surface area contributed by atoms with E-state index < -0.39 is 17.3 Å². The molecule has 1 saturated heterocycles. The molecule has 0 aromatic carbocycles. The molecule has 3 N–H and O–H groups in total. The summed E-state index contributed by atoms with van der Waals surface area (Å²) in [5.74, 6) is 0.381. The zero-order valence-corrected chi connectivity index (χ0v) is 18.8. The number of rotatable bonds is 6. The number of nitrogens with zero attached hydrogens (tertiary/aromatic N) is 2. The molecule has 172 valence electrons. The van der Waals surface area contributed by atoms with Crippen LogP contribution in [0.3, 0.4) is 0 Å². The first-order chi connectivity index (χ1) is 14.6. The highest BCUT2D eigenvalue weighted by Crippen LogP contribution is 2.39. The number of carbonyl (C=O) groups excluding carboxylic acids is 2. The van der Waals surface area contributed by atoms with Crippen LogP contribution < -0.4 is 15.4 Å². The number of hydrogen-bond acceptors (Lipinski definition) is 7. The molecule has 2 heterocycles. The second-order valence-electron chi connectivity index (χ2n) is 9.32. The van der Waals surface area contributed by atoms with Gasteiger partial charge in [-0.3, -0.25) is 4.79 Å². The van der Waals surface area contributed by atoms with Crippen LogP contribution >= 0.6 is 0 Å². The van der Waals surface area contributed by atoms with Crippen LogP contribution in [0.15, 0.2) is 18.3 Å². The minimum atomic E-state index is -0.961. The number of amides is 2. The van der Waals surface area contributed by atoms with E-state index in [0.717, 1.165) is 18.7 Å². The number of pyridine rings is 1. The number of ether oxygens (including phenoxy) is 2. The van der Waals surface area contributed by atoms with E-state index in [1.807, 2.05) is 11.0 Å². The molecule has 9 nitrogen and oxygen atoms in total. The van der Waals surface area contributed by atoms with Gasteiger partial charge in [-0.2, -0.15) is 0 Å². The fourth-order valence-corrected chi connectivity index (χ4v) is 4.15. The zero-order valence-electron chi connectivity index (χ0n) is 18.8. The maximum absolute atomic E-state index is 13.0. The first-order valence-electron chi connectivity index (χ1n) is 10.8. The van der Waals surface area contributed by atoms with Crippen LogP contribution in [0.4, 0.5) is 4.79 Å². The van der Waals surface area contributed by atoms with E-state index in [9.17, 15) is 14.7 Å². The van der Waals surface area contributed by atoms with Gasteiger partial charge in [0.2, 0.25) is 11.8 Å². The maximum Gasteiger partial charge on any atom is 0.408 e. The first kappa shape index (κ1) is 23.3. The Labute approximate surface area is 183 Å². The number of aromatic nitrogens is 1. The Morgan fingerprint density at radius 3 is 2.42 bits per heavy atom. The summed E-state index contributed by atoms with van der Waals surface area (Å²) < 4.78 is 10.3. The molecule has 2 amide bonds. The molecule has 2 aliphatic rings. The van der Waals surface area contributed by atoms with Crippen molar-refractivity contribution in [3.63, 3.8) is 0 Å². The maximum atomic E-state index is 13.0. The monoisotopic (exact) mass is 434 g/mol. The number of hydrogen-bond donors (Lipinski definition) is 3. The van der Waals surface area contributed by atoms with E-state index in [4.69, 9.17) is 9.47 Å². The van der Waals surface area contributed by atoms with Gasteiger partial charge in [0.15, 0.2) is 0 Å². The average molecular weight is 435 g/mol. The number of methoxy groups -OCH3 is 1. The van der Waals surface area contributed by atoms with E-state index in [-0.39, 0.29) is 24.5 Å². The lowest BCUT2D eigenvalue weighted by molar-refractivity contribution is -0.139. The summed E-state index contributed by atoms with van der Waals surface area (Å²) in [7, 11) is 1.56. The third-order valence-corrected chi connectivity index (χ3v) is 5.88.